The van der Waals surface area contributed by atoms with E-state index < -0.39 is 0 Å². The lowest BCUT2D eigenvalue weighted by Gasteiger charge is -2.10. The van der Waals surface area contributed by atoms with Gasteiger partial charge in [0, 0.05) is 19.2 Å². The van der Waals surface area contributed by atoms with Crippen LogP contribution in [0.5, 0.6) is 5.75 Å². The Bertz CT molecular complexity index is 381. The monoisotopic (exact) mass is 287 g/mol. The smallest absolute Gasteiger partial charge is 0.251 e. The molecule has 0 aromatic heterocycles. The van der Waals surface area contributed by atoms with E-state index in [1.807, 2.05) is 6.92 Å². The first-order valence-corrected chi connectivity index (χ1v) is 5.63. The second-order valence-corrected chi connectivity index (χ2v) is 4.28. The van der Waals surface area contributed by atoms with Crippen LogP contribution in [0, 0.1) is 0 Å². The molecule has 4 nitrogen and oxygen atoms in total. The Balaban J connectivity index is 2.63. The van der Waals surface area contributed by atoms with Crippen LogP contribution in [0.3, 0.4) is 0 Å². The quantitative estimate of drug-likeness (QED) is 0.890. The minimum atomic E-state index is -0.230. The summed E-state index contributed by atoms with van der Waals surface area (Å²) in [4.78, 5) is 11.6. The van der Waals surface area contributed by atoms with E-state index in [0.29, 0.717) is 16.6 Å². The second-order valence-electron chi connectivity index (χ2n) is 3.42. The first kappa shape index (κ1) is 13.0. The minimum Gasteiger partial charge on any atom is -0.507 e. The van der Waals surface area contributed by atoms with Crippen molar-refractivity contribution in [1.82, 2.24) is 5.32 Å². The number of rotatable bonds is 4. The number of methoxy groups -OCH3 is 1. The number of ether oxygens (including phenoxy) is 1. The van der Waals surface area contributed by atoms with Crippen LogP contribution < -0.4 is 5.32 Å². The number of benzene rings is 1. The van der Waals surface area contributed by atoms with E-state index in [4.69, 9.17) is 4.74 Å². The number of phenols is 1. The molecule has 1 amide bonds. The van der Waals surface area contributed by atoms with Gasteiger partial charge in [-0.05, 0) is 41.1 Å². The summed E-state index contributed by atoms with van der Waals surface area (Å²) in [5, 5.41) is 12.1. The molecule has 0 aliphatic rings. The van der Waals surface area contributed by atoms with Gasteiger partial charge in [-0.2, -0.15) is 0 Å². The van der Waals surface area contributed by atoms with Crippen molar-refractivity contribution < 1.29 is 14.6 Å². The van der Waals surface area contributed by atoms with Crippen molar-refractivity contribution in [2.24, 2.45) is 0 Å². The average molecular weight is 288 g/mol. The van der Waals surface area contributed by atoms with Crippen molar-refractivity contribution in [2.45, 2.75) is 13.0 Å². The fraction of sp³-hybridized carbons (Fsp3) is 0.364. The van der Waals surface area contributed by atoms with Gasteiger partial charge >= 0.3 is 0 Å². The second kappa shape index (κ2) is 5.86. The SMILES string of the molecule is COC(C)CNC(=O)c1ccc(Br)c(O)c1. The Labute approximate surface area is 103 Å². The molecule has 88 valence electrons. The van der Waals surface area contributed by atoms with Gasteiger partial charge in [0.05, 0.1) is 10.6 Å². The van der Waals surface area contributed by atoms with Crippen LogP contribution in [-0.2, 0) is 4.74 Å². The number of nitrogens with one attached hydrogen (secondary N) is 1. The molecule has 1 unspecified atom stereocenters. The third-order valence-electron chi connectivity index (χ3n) is 2.16. The third kappa shape index (κ3) is 3.50. The normalized spacial score (nSPS) is 12.2. The molecule has 1 aromatic carbocycles. The molecule has 0 spiro atoms. The van der Waals surface area contributed by atoms with Crippen LogP contribution in [0.25, 0.3) is 0 Å². The van der Waals surface area contributed by atoms with E-state index in [-0.39, 0.29) is 17.8 Å². The lowest BCUT2D eigenvalue weighted by atomic mass is 10.2. The number of hydrogen-bond donors (Lipinski definition) is 2. The van der Waals surface area contributed by atoms with E-state index in [1.54, 1.807) is 19.2 Å². The standard InChI is InChI=1S/C11H14BrNO3/c1-7(16-2)6-13-11(15)8-3-4-9(12)10(14)5-8/h3-5,7,14H,6H2,1-2H3,(H,13,15). The summed E-state index contributed by atoms with van der Waals surface area (Å²) in [6.45, 7) is 2.30. The van der Waals surface area contributed by atoms with Crippen LogP contribution in [0.4, 0.5) is 0 Å². The van der Waals surface area contributed by atoms with E-state index in [2.05, 4.69) is 21.2 Å². The van der Waals surface area contributed by atoms with Crippen LogP contribution in [0.1, 0.15) is 17.3 Å². The zero-order valence-corrected chi connectivity index (χ0v) is 10.7. The number of aromatic hydroxyl groups is 1. The topological polar surface area (TPSA) is 58.6 Å². The maximum Gasteiger partial charge on any atom is 0.251 e. The predicted molar refractivity (Wildman–Crippen MR) is 64.6 cm³/mol. The van der Waals surface area contributed by atoms with Gasteiger partial charge < -0.3 is 15.2 Å². The van der Waals surface area contributed by atoms with Crippen molar-refractivity contribution in [1.29, 1.82) is 0 Å². The molecule has 1 atom stereocenters. The highest BCUT2D eigenvalue weighted by molar-refractivity contribution is 9.10. The van der Waals surface area contributed by atoms with Gasteiger partial charge in [-0.1, -0.05) is 0 Å². The van der Waals surface area contributed by atoms with E-state index >= 15 is 0 Å². The summed E-state index contributed by atoms with van der Waals surface area (Å²) in [6, 6.07) is 4.68. The zero-order valence-electron chi connectivity index (χ0n) is 9.16. The van der Waals surface area contributed by atoms with Gasteiger partial charge in [0.15, 0.2) is 0 Å². The molecule has 0 radical (unpaired) electrons. The molecule has 1 aromatic rings. The Morgan fingerprint density at radius 3 is 2.88 bits per heavy atom. The van der Waals surface area contributed by atoms with Gasteiger partial charge in [0.25, 0.3) is 5.91 Å². The van der Waals surface area contributed by atoms with Crippen molar-refractivity contribution in [3.8, 4) is 5.75 Å². The maximum atomic E-state index is 11.6. The van der Waals surface area contributed by atoms with Crippen molar-refractivity contribution in [3.63, 3.8) is 0 Å². The lowest BCUT2D eigenvalue weighted by Crippen LogP contribution is -2.31. The van der Waals surface area contributed by atoms with Crippen LogP contribution in [0.2, 0.25) is 0 Å². The highest BCUT2D eigenvalue weighted by atomic mass is 79.9. The van der Waals surface area contributed by atoms with Gasteiger partial charge in [-0.25, -0.2) is 0 Å². The van der Waals surface area contributed by atoms with E-state index in [0.717, 1.165) is 0 Å². The highest BCUT2D eigenvalue weighted by Crippen LogP contribution is 2.24. The number of hydrogen-bond acceptors (Lipinski definition) is 3. The molecule has 16 heavy (non-hydrogen) atoms. The van der Waals surface area contributed by atoms with Gasteiger partial charge in [0.1, 0.15) is 5.75 Å². The number of phenolic OH excluding ortho intramolecular Hbond substituents is 1. The molecule has 0 aliphatic carbocycles. The number of halogens is 1. The molecule has 0 fully saturated rings. The van der Waals surface area contributed by atoms with Crippen LogP contribution >= 0.6 is 15.9 Å². The Morgan fingerprint density at radius 1 is 1.62 bits per heavy atom. The summed E-state index contributed by atoms with van der Waals surface area (Å²) < 4.78 is 5.57. The first-order chi connectivity index (χ1) is 7.54. The summed E-state index contributed by atoms with van der Waals surface area (Å²) in [5.41, 5.74) is 0.420. The Hall–Kier alpha value is -1.07. The summed E-state index contributed by atoms with van der Waals surface area (Å²) in [7, 11) is 1.59. The fourth-order valence-corrected chi connectivity index (χ4v) is 1.32. The highest BCUT2D eigenvalue weighted by Gasteiger charge is 2.09. The molecule has 0 aliphatic heterocycles. The molecule has 1 rings (SSSR count). The fourth-order valence-electron chi connectivity index (χ4n) is 1.08. The molecule has 0 heterocycles. The number of amides is 1. The van der Waals surface area contributed by atoms with Gasteiger partial charge in [-0.15, -0.1) is 0 Å². The molecule has 5 heteroatoms. The number of carbonyl (C=O) groups is 1. The van der Waals surface area contributed by atoms with Crippen LogP contribution in [0.15, 0.2) is 22.7 Å². The van der Waals surface area contributed by atoms with E-state index in [9.17, 15) is 9.90 Å². The van der Waals surface area contributed by atoms with E-state index in [1.165, 1.54) is 6.07 Å². The average Bonchev–Trinajstić information content (AvgIpc) is 2.29. The summed E-state index contributed by atoms with van der Waals surface area (Å²) in [5.74, 6) is -0.181. The maximum absolute atomic E-state index is 11.6. The Kier molecular flexibility index (Phi) is 4.76. The molecule has 0 bridgehead atoms. The molecular weight excluding hydrogens is 274 g/mol. The van der Waals surface area contributed by atoms with Crippen LogP contribution in [-0.4, -0.2) is 30.8 Å². The Morgan fingerprint density at radius 2 is 2.31 bits per heavy atom. The van der Waals surface area contributed by atoms with Crippen molar-refractivity contribution >= 4 is 21.8 Å². The zero-order chi connectivity index (χ0) is 12.1. The molecule has 0 saturated carbocycles. The minimum absolute atomic E-state index is 0.0343. The molecule has 2 N–H and O–H groups in total. The van der Waals surface area contributed by atoms with Gasteiger partial charge in [-0.3, -0.25) is 4.79 Å². The number of carbonyl (C=O) groups excluding carboxylic acids is 1. The molecular formula is C11H14BrNO3. The summed E-state index contributed by atoms with van der Waals surface area (Å²) >= 11 is 3.15. The summed E-state index contributed by atoms with van der Waals surface area (Å²) in [6.07, 6.45) is -0.0343. The lowest BCUT2D eigenvalue weighted by molar-refractivity contribution is 0.0870. The first-order valence-electron chi connectivity index (χ1n) is 4.84. The predicted octanol–water partition coefficient (Wildman–Crippen LogP) is 1.92. The van der Waals surface area contributed by atoms with Gasteiger partial charge in [0.2, 0.25) is 0 Å². The third-order valence-corrected chi connectivity index (χ3v) is 2.83. The van der Waals surface area contributed by atoms with Crippen molar-refractivity contribution in [2.75, 3.05) is 13.7 Å². The van der Waals surface area contributed by atoms with Crippen molar-refractivity contribution in [3.05, 3.63) is 28.2 Å². The largest absolute Gasteiger partial charge is 0.507 e. The molecule has 0 saturated heterocycles.